The number of hydrogen-bond acceptors (Lipinski definition) is 3. The smallest absolute Gasteiger partial charge is 0.0931 e. The zero-order valence-corrected chi connectivity index (χ0v) is 13.2. The lowest BCUT2D eigenvalue weighted by molar-refractivity contribution is 0.817. The van der Waals surface area contributed by atoms with Gasteiger partial charge in [-0.25, -0.2) is 0 Å². The second-order valence-electron chi connectivity index (χ2n) is 4.56. The first-order chi connectivity index (χ1) is 8.97. The molecule has 2 aromatic rings. The molecule has 0 aliphatic carbocycles. The van der Waals surface area contributed by atoms with Gasteiger partial charge < -0.3 is 10.6 Å². The molecular weight excluding hydrogens is 299 g/mol. The molecule has 1 atom stereocenters. The molecule has 0 spiro atoms. The van der Waals surface area contributed by atoms with Crippen LogP contribution in [0.3, 0.4) is 0 Å². The number of nitrogens with two attached hydrogens (primary N) is 1. The Morgan fingerprint density at radius 2 is 2.00 bits per heavy atom. The summed E-state index contributed by atoms with van der Waals surface area (Å²) in [6.45, 7) is 2.73. The van der Waals surface area contributed by atoms with Crippen molar-refractivity contribution in [3.63, 3.8) is 0 Å². The summed E-state index contributed by atoms with van der Waals surface area (Å²) in [6.07, 6.45) is 0. The summed E-state index contributed by atoms with van der Waals surface area (Å²) in [5.41, 5.74) is 7.89. The third kappa shape index (κ3) is 3.63. The molecule has 0 aliphatic heterocycles. The van der Waals surface area contributed by atoms with E-state index in [-0.39, 0.29) is 6.04 Å². The van der Waals surface area contributed by atoms with Gasteiger partial charge in [-0.1, -0.05) is 29.3 Å². The van der Waals surface area contributed by atoms with E-state index in [1.165, 1.54) is 4.88 Å². The lowest BCUT2D eigenvalue weighted by atomic mass is 10.1. The first-order valence-electron chi connectivity index (χ1n) is 5.97. The van der Waals surface area contributed by atoms with Crippen LogP contribution in [0.5, 0.6) is 0 Å². The molecule has 0 unspecified atom stereocenters. The monoisotopic (exact) mass is 314 g/mol. The van der Waals surface area contributed by atoms with Gasteiger partial charge in [0.05, 0.1) is 21.6 Å². The average molecular weight is 315 g/mol. The number of hydrogen-bond donors (Lipinski definition) is 1. The predicted molar refractivity (Wildman–Crippen MR) is 85.5 cm³/mol. The maximum absolute atomic E-state index is 6.32. The summed E-state index contributed by atoms with van der Waals surface area (Å²) < 4.78 is 0.807. The first kappa shape index (κ1) is 14.7. The van der Waals surface area contributed by atoms with Crippen LogP contribution in [-0.4, -0.2) is 7.05 Å². The second kappa shape index (κ2) is 6.14. The van der Waals surface area contributed by atoms with E-state index in [4.69, 9.17) is 28.9 Å². The molecule has 5 heteroatoms. The highest BCUT2D eigenvalue weighted by Crippen LogP contribution is 2.30. The van der Waals surface area contributed by atoms with Crippen molar-refractivity contribution < 1.29 is 0 Å². The molecule has 0 fully saturated rings. The van der Waals surface area contributed by atoms with E-state index in [9.17, 15) is 0 Å². The summed E-state index contributed by atoms with van der Waals surface area (Å²) in [5, 5.41) is 0.722. The van der Waals surface area contributed by atoms with Gasteiger partial charge in [0.1, 0.15) is 0 Å². The minimum absolute atomic E-state index is 0.00652. The number of rotatable bonds is 4. The highest BCUT2D eigenvalue weighted by molar-refractivity contribution is 7.16. The van der Waals surface area contributed by atoms with Gasteiger partial charge in [0.25, 0.3) is 0 Å². The minimum atomic E-state index is -0.00652. The van der Waals surface area contributed by atoms with Crippen LogP contribution in [0.2, 0.25) is 9.36 Å². The van der Waals surface area contributed by atoms with E-state index < -0.39 is 0 Å². The van der Waals surface area contributed by atoms with E-state index in [0.717, 1.165) is 27.2 Å². The van der Waals surface area contributed by atoms with Crippen LogP contribution in [0.4, 0.5) is 5.69 Å². The molecule has 0 aliphatic rings. The van der Waals surface area contributed by atoms with Crippen molar-refractivity contribution in [1.82, 2.24) is 0 Å². The molecule has 0 radical (unpaired) electrons. The zero-order valence-electron chi connectivity index (χ0n) is 10.9. The van der Waals surface area contributed by atoms with Crippen LogP contribution in [0.25, 0.3) is 0 Å². The maximum Gasteiger partial charge on any atom is 0.0931 e. The van der Waals surface area contributed by atoms with Crippen molar-refractivity contribution in [2.75, 3.05) is 11.9 Å². The Morgan fingerprint density at radius 3 is 2.53 bits per heavy atom. The predicted octanol–water partition coefficient (Wildman–Crippen LogP) is 4.71. The summed E-state index contributed by atoms with van der Waals surface area (Å²) in [6, 6.07) is 9.90. The van der Waals surface area contributed by atoms with Crippen LogP contribution >= 0.6 is 34.5 Å². The van der Waals surface area contributed by atoms with Gasteiger partial charge in [-0.3, -0.25) is 0 Å². The molecule has 2 nitrogen and oxygen atoms in total. The van der Waals surface area contributed by atoms with Crippen LogP contribution in [0.1, 0.15) is 23.4 Å². The molecule has 2 rings (SSSR count). The van der Waals surface area contributed by atoms with Crippen molar-refractivity contribution in [2.24, 2.45) is 5.73 Å². The molecule has 2 N–H and O–H groups in total. The quantitative estimate of drug-likeness (QED) is 0.885. The highest BCUT2D eigenvalue weighted by Gasteiger charge is 2.10. The average Bonchev–Trinajstić information content (AvgIpc) is 2.74. The Bertz CT molecular complexity index is 566. The molecule has 1 aromatic heterocycles. The highest BCUT2D eigenvalue weighted by atomic mass is 35.5. The van der Waals surface area contributed by atoms with E-state index >= 15 is 0 Å². The first-order valence-corrected chi connectivity index (χ1v) is 7.55. The van der Waals surface area contributed by atoms with Gasteiger partial charge in [0.2, 0.25) is 0 Å². The minimum Gasteiger partial charge on any atom is -0.368 e. The largest absolute Gasteiger partial charge is 0.368 e. The number of thiophene rings is 1. The Hall–Kier alpha value is -0.740. The Balaban J connectivity index is 2.17. The molecule has 0 amide bonds. The number of nitrogens with zero attached hydrogens (tertiary/aromatic N) is 1. The van der Waals surface area contributed by atoms with Gasteiger partial charge in [-0.15, -0.1) is 11.3 Å². The van der Waals surface area contributed by atoms with Crippen molar-refractivity contribution in [2.45, 2.75) is 19.5 Å². The van der Waals surface area contributed by atoms with Gasteiger partial charge in [0.15, 0.2) is 0 Å². The van der Waals surface area contributed by atoms with E-state index in [1.54, 1.807) is 11.3 Å². The van der Waals surface area contributed by atoms with E-state index in [2.05, 4.69) is 4.90 Å². The SMILES string of the molecule is C[C@@H](N)c1ccc(N(C)Cc2ccc(Cl)s2)c(Cl)c1. The van der Waals surface area contributed by atoms with Crippen LogP contribution in [0.15, 0.2) is 30.3 Å². The van der Waals surface area contributed by atoms with Crippen LogP contribution in [0, 0.1) is 0 Å². The van der Waals surface area contributed by atoms with Crippen molar-refractivity contribution in [1.29, 1.82) is 0 Å². The molecule has 1 aromatic carbocycles. The zero-order chi connectivity index (χ0) is 14.0. The van der Waals surface area contributed by atoms with E-state index in [1.807, 2.05) is 44.3 Å². The Labute approximate surface area is 127 Å². The number of benzene rings is 1. The molecule has 0 saturated heterocycles. The standard InChI is InChI=1S/C14H16Cl2N2S/c1-9(17)10-3-5-13(12(15)7-10)18(2)8-11-4-6-14(16)19-11/h3-7,9H,8,17H2,1-2H3/t9-/m1/s1. The third-order valence-corrected chi connectivity index (χ3v) is 4.45. The molecule has 19 heavy (non-hydrogen) atoms. The Kier molecular flexibility index (Phi) is 4.74. The lowest BCUT2D eigenvalue weighted by Crippen LogP contribution is -2.16. The number of anilines is 1. The molecule has 102 valence electrons. The lowest BCUT2D eigenvalue weighted by Gasteiger charge is -2.21. The Morgan fingerprint density at radius 1 is 1.26 bits per heavy atom. The maximum atomic E-state index is 6.32. The second-order valence-corrected chi connectivity index (χ2v) is 6.77. The van der Waals surface area contributed by atoms with Crippen LogP contribution in [-0.2, 0) is 6.54 Å². The summed E-state index contributed by atoms with van der Waals surface area (Å²) in [5.74, 6) is 0. The summed E-state index contributed by atoms with van der Waals surface area (Å²) in [4.78, 5) is 3.31. The van der Waals surface area contributed by atoms with Gasteiger partial charge in [0, 0.05) is 18.0 Å². The van der Waals surface area contributed by atoms with Crippen molar-refractivity contribution >= 4 is 40.2 Å². The molecule has 1 heterocycles. The fourth-order valence-electron chi connectivity index (χ4n) is 1.87. The summed E-state index contributed by atoms with van der Waals surface area (Å²) >= 11 is 13.8. The van der Waals surface area contributed by atoms with Gasteiger partial charge in [-0.2, -0.15) is 0 Å². The third-order valence-electron chi connectivity index (χ3n) is 2.93. The topological polar surface area (TPSA) is 29.3 Å². The van der Waals surface area contributed by atoms with Gasteiger partial charge in [-0.05, 0) is 36.8 Å². The normalized spacial score (nSPS) is 12.5. The fourth-order valence-corrected chi connectivity index (χ4v) is 3.35. The molecule has 0 saturated carbocycles. The van der Waals surface area contributed by atoms with E-state index in [0.29, 0.717) is 0 Å². The summed E-state index contributed by atoms with van der Waals surface area (Å²) in [7, 11) is 2.01. The van der Waals surface area contributed by atoms with Crippen LogP contribution < -0.4 is 10.6 Å². The van der Waals surface area contributed by atoms with Crippen molar-refractivity contribution in [3.8, 4) is 0 Å². The van der Waals surface area contributed by atoms with Crippen molar-refractivity contribution in [3.05, 3.63) is 50.1 Å². The molecule has 0 bridgehead atoms. The molecular formula is C14H16Cl2N2S. The number of halogens is 2. The van der Waals surface area contributed by atoms with Gasteiger partial charge >= 0.3 is 0 Å². The fraction of sp³-hybridized carbons (Fsp3) is 0.286.